The number of likely N-dealkylation sites (tertiary alicyclic amines) is 1. The van der Waals surface area contributed by atoms with Gasteiger partial charge in [0.2, 0.25) is 5.91 Å². The van der Waals surface area contributed by atoms with Crippen molar-refractivity contribution in [2.75, 3.05) is 11.9 Å². The van der Waals surface area contributed by atoms with E-state index in [2.05, 4.69) is 15.9 Å². The summed E-state index contributed by atoms with van der Waals surface area (Å²) in [5.74, 6) is -0.900. The van der Waals surface area contributed by atoms with Crippen molar-refractivity contribution in [2.45, 2.75) is 38.1 Å². The Balaban J connectivity index is 2.55. The van der Waals surface area contributed by atoms with E-state index in [4.69, 9.17) is 5.11 Å². The molecule has 5 heteroatoms. The Morgan fingerprint density at radius 2 is 2.13 bits per heavy atom. The van der Waals surface area contributed by atoms with Gasteiger partial charge in [0.05, 0.1) is 0 Å². The highest BCUT2D eigenvalue weighted by Crippen LogP contribution is 2.18. The van der Waals surface area contributed by atoms with Gasteiger partial charge in [-0.1, -0.05) is 15.9 Å². The first-order chi connectivity index (χ1) is 7.16. The van der Waals surface area contributed by atoms with Gasteiger partial charge in [-0.05, 0) is 25.7 Å². The van der Waals surface area contributed by atoms with Gasteiger partial charge in [0, 0.05) is 18.3 Å². The lowest BCUT2D eigenvalue weighted by atomic mass is 10.0. The number of amides is 1. The topological polar surface area (TPSA) is 57.6 Å². The second kappa shape index (κ2) is 6.10. The number of carboxylic acids is 1. The van der Waals surface area contributed by atoms with Crippen LogP contribution in [0.2, 0.25) is 0 Å². The van der Waals surface area contributed by atoms with Gasteiger partial charge in [0.25, 0.3) is 0 Å². The highest BCUT2D eigenvalue weighted by atomic mass is 79.9. The van der Waals surface area contributed by atoms with Crippen LogP contribution in [0.3, 0.4) is 0 Å². The molecule has 1 aliphatic heterocycles. The summed E-state index contributed by atoms with van der Waals surface area (Å²) in [7, 11) is 0. The number of carbonyl (C=O) groups is 2. The largest absolute Gasteiger partial charge is 0.480 e. The van der Waals surface area contributed by atoms with Crippen molar-refractivity contribution >= 4 is 27.8 Å². The Bertz CT molecular complexity index is 245. The lowest BCUT2D eigenvalue weighted by molar-refractivity contribution is -0.152. The molecule has 1 unspecified atom stereocenters. The average Bonchev–Trinajstić information content (AvgIpc) is 2.25. The van der Waals surface area contributed by atoms with Crippen LogP contribution in [0.15, 0.2) is 0 Å². The molecule has 1 aliphatic rings. The van der Waals surface area contributed by atoms with Crippen LogP contribution in [-0.4, -0.2) is 39.8 Å². The minimum absolute atomic E-state index is 0.0263. The molecule has 4 nitrogen and oxygen atoms in total. The summed E-state index contributed by atoms with van der Waals surface area (Å²) in [5.41, 5.74) is 0. The van der Waals surface area contributed by atoms with Crippen molar-refractivity contribution < 1.29 is 14.7 Å². The molecule has 0 aliphatic carbocycles. The monoisotopic (exact) mass is 277 g/mol. The third kappa shape index (κ3) is 3.48. The predicted octanol–water partition coefficient (Wildman–Crippen LogP) is 1.63. The van der Waals surface area contributed by atoms with Gasteiger partial charge >= 0.3 is 5.97 Å². The van der Waals surface area contributed by atoms with E-state index in [1.807, 2.05) is 0 Å². The number of alkyl halides is 1. The maximum absolute atomic E-state index is 11.7. The van der Waals surface area contributed by atoms with E-state index in [0.29, 0.717) is 19.4 Å². The first-order valence-electron chi connectivity index (χ1n) is 5.25. The third-order valence-electron chi connectivity index (χ3n) is 2.63. The SMILES string of the molecule is O=C(O)C1CCCCN1C(=O)CCCBr. The number of aliphatic carboxylic acids is 1. The molecule has 0 saturated carbocycles. The number of carbonyl (C=O) groups excluding carboxylic acids is 1. The summed E-state index contributed by atoms with van der Waals surface area (Å²) >= 11 is 3.26. The molecule has 0 radical (unpaired) electrons. The van der Waals surface area contributed by atoms with Gasteiger partial charge in [-0.3, -0.25) is 4.79 Å². The Hall–Kier alpha value is -0.580. The zero-order chi connectivity index (χ0) is 11.3. The highest BCUT2D eigenvalue weighted by Gasteiger charge is 2.31. The van der Waals surface area contributed by atoms with E-state index in [1.165, 1.54) is 4.90 Å². The zero-order valence-electron chi connectivity index (χ0n) is 8.62. The van der Waals surface area contributed by atoms with Gasteiger partial charge in [0.15, 0.2) is 0 Å². The number of halogens is 1. The molecule has 0 spiro atoms. The molecule has 1 atom stereocenters. The highest BCUT2D eigenvalue weighted by molar-refractivity contribution is 9.09. The summed E-state index contributed by atoms with van der Waals surface area (Å²) < 4.78 is 0. The van der Waals surface area contributed by atoms with E-state index in [9.17, 15) is 9.59 Å². The maximum Gasteiger partial charge on any atom is 0.326 e. The molecule has 1 N–H and O–H groups in total. The van der Waals surface area contributed by atoms with E-state index >= 15 is 0 Å². The average molecular weight is 278 g/mol. The van der Waals surface area contributed by atoms with E-state index < -0.39 is 12.0 Å². The smallest absolute Gasteiger partial charge is 0.326 e. The molecular weight excluding hydrogens is 262 g/mol. The molecule has 0 aromatic carbocycles. The van der Waals surface area contributed by atoms with Gasteiger partial charge in [-0.25, -0.2) is 4.79 Å². The van der Waals surface area contributed by atoms with Crippen molar-refractivity contribution in [3.8, 4) is 0 Å². The fourth-order valence-electron chi connectivity index (χ4n) is 1.85. The first-order valence-corrected chi connectivity index (χ1v) is 6.37. The number of piperidine rings is 1. The lowest BCUT2D eigenvalue weighted by Gasteiger charge is -2.33. The molecule has 86 valence electrons. The standard InChI is InChI=1S/C10H16BrNO3/c11-6-3-5-9(13)12-7-2-1-4-8(12)10(14)15/h8H,1-7H2,(H,14,15). The Morgan fingerprint density at radius 3 is 2.73 bits per heavy atom. The number of rotatable bonds is 4. The van der Waals surface area contributed by atoms with Crippen LogP contribution in [0.5, 0.6) is 0 Å². The third-order valence-corrected chi connectivity index (χ3v) is 3.19. The fraction of sp³-hybridized carbons (Fsp3) is 0.800. The van der Waals surface area contributed by atoms with Crippen LogP contribution in [0.4, 0.5) is 0 Å². The number of nitrogens with zero attached hydrogens (tertiary/aromatic N) is 1. The molecule has 1 heterocycles. The van der Waals surface area contributed by atoms with Gasteiger partial charge < -0.3 is 10.0 Å². The van der Waals surface area contributed by atoms with Crippen LogP contribution in [0, 0.1) is 0 Å². The first kappa shape index (κ1) is 12.5. The van der Waals surface area contributed by atoms with Gasteiger partial charge in [-0.2, -0.15) is 0 Å². The Labute approximate surface area is 97.8 Å². The Morgan fingerprint density at radius 1 is 1.40 bits per heavy atom. The molecule has 1 rings (SSSR count). The number of carboxylic acid groups (broad SMARTS) is 1. The normalized spacial score (nSPS) is 21.4. The summed E-state index contributed by atoms with van der Waals surface area (Å²) in [6, 6.07) is -0.596. The maximum atomic E-state index is 11.7. The summed E-state index contributed by atoms with van der Waals surface area (Å²) in [6.07, 6.45) is 3.62. The predicted molar refractivity (Wildman–Crippen MR) is 60.0 cm³/mol. The van der Waals surface area contributed by atoms with E-state index in [1.54, 1.807) is 0 Å². The van der Waals surface area contributed by atoms with Crippen molar-refractivity contribution in [3.05, 3.63) is 0 Å². The molecule has 15 heavy (non-hydrogen) atoms. The number of hydrogen-bond donors (Lipinski definition) is 1. The molecule has 1 amide bonds. The quantitative estimate of drug-likeness (QED) is 0.795. The van der Waals surface area contributed by atoms with Gasteiger partial charge in [-0.15, -0.1) is 0 Å². The molecule has 1 fully saturated rings. The molecule has 1 saturated heterocycles. The summed E-state index contributed by atoms with van der Waals surface area (Å²) in [5, 5.41) is 9.76. The number of hydrogen-bond acceptors (Lipinski definition) is 2. The Kier molecular flexibility index (Phi) is 5.08. The van der Waals surface area contributed by atoms with Crippen molar-refractivity contribution in [1.82, 2.24) is 4.90 Å². The molecule has 0 aromatic heterocycles. The summed E-state index contributed by atoms with van der Waals surface area (Å²) in [6.45, 7) is 0.595. The molecular formula is C10H16BrNO3. The van der Waals surface area contributed by atoms with Crippen LogP contribution < -0.4 is 0 Å². The second-order valence-electron chi connectivity index (χ2n) is 3.73. The van der Waals surface area contributed by atoms with Crippen LogP contribution in [0.1, 0.15) is 32.1 Å². The van der Waals surface area contributed by atoms with E-state index in [-0.39, 0.29) is 5.91 Å². The van der Waals surface area contributed by atoms with E-state index in [0.717, 1.165) is 24.6 Å². The molecule has 0 bridgehead atoms. The van der Waals surface area contributed by atoms with Crippen LogP contribution in [-0.2, 0) is 9.59 Å². The zero-order valence-corrected chi connectivity index (χ0v) is 10.2. The fourth-order valence-corrected chi connectivity index (χ4v) is 2.13. The van der Waals surface area contributed by atoms with Crippen molar-refractivity contribution in [2.24, 2.45) is 0 Å². The summed E-state index contributed by atoms with van der Waals surface area (Å²) in [4.78, 5) is 24.2. The lowest BCUT2D eigenvalue weighted by Crippen LogP contribution is -2.47. The van der Waals surface area contributed by atoms with Gasteiger partial charge in [0.1, 0.15) is 6.04 Å². The van der Waals surface area contributed by atoms with Crippen LogP contribution >= 0.6 is 15.9 Å². The van der Waals surface area contributed by atoms with Crippen molar-refractivity contribution in [1.29, 1.82) is 0 Å². The van der Waals surface area contributed by atoms with Crippen molar-refractivity contribution in [3.63, 3.8) is 0 Å². The molecule has 0 aromatic rings. The minimum atomic E-state index is -0.873. The van der Waals surface area contributed by atoms with Crippen LogP contribution in [0.25, 0.3) is 0 Å². The minimum Gasteiger partial charge on any atom is -0.480 e. The second-order valence-corrected chi connectivity index (χ2v) is 4.52.